The zero-order valence-corrected chi connectivity index (χ0v) is 12.9. The summed E-state index contributed by atoms with van der Waals surface area (Å²) in [5.41, 5.74) is 3.85. The first-order valence-electron chi connectivity index (χ1n) is 6.99. The molecule has 0 aliphatic heterocycles. The minimum Gasteiger partial charge on any atom is -0.488 e. The number of halogens is 1. The fourth-order valence-corrected chi connectivity index (χ4v) is 2.43. The quantitative estimate of drug-likeness (QED) is 0.656. The van der Waals surface area contributed by atoms with Gasteiger partial charge in [0.05, 0.1) is 5.69 Å². The van der Waals surface area contributed by atoms with E-state index in [-0.39, 0.29) is 5.28 Å². The summed E-state index contributed by atoms with van der Waals surface area (Å²) >= 11 is 5.83. The Balaban J connectivity index is 1.90. The number of aromatic nitrogens is 2. The van der Waals surface area contributed by atoms with Crippen LogP contribution in [0.2, 0.25) is 5.28 Å². The second-order valence-electron chi connectivity index (χ2n) is 4.91. The lowest BCUT2D eigenvalue weighted by Crippen LogP contribution is -1.98. The molecule has 1 heterocycles. The lowest BCUT2D eigenvalue weighted by molar-refractivity contribution is 0.307. The third-order valence-electron chi connectivity index (χ3n) is 3.36. The molecule has 0 amide bonds. The van der Waals surface area contributed by atoms with E-state index in [0.717, 1.165) is 28.1 Å². The van der Waals surface area contributed by atoms with Gasteiger partial charge in [0.2, 0.25) is 5.28 Å². The van der Waals surface area contributed by atoms with Crippen LogP contribution in [0.25, 0.3) is 11.1 Å². The van der Waals surface area contributed by atoms with Gasteiger partial charge in [-0.3, -0.25) is 0 Å². The highest BCUT2D eigenvalue weighted by atomic mass is 35.5. The van der Waals surface area contributed by atoms with Crippen molar-refractivity contribution in [2.75, 3.05) is 0 Å². The Morgan fingerprint density at radius 1 is 0.955 bits per heavy atom. The molecule has 2 aromatic carbocycles. The first-order chi connectivity index (χ1) is 10.7. The lowest BCUT2D eigenvalue weighted by Gasteiger charge is -2.12. The summed E-state index contributed by atoms with van der Waals surface area (Å²) in [6.07, 6.45) is 1.73. The summed E-state index contributed by atoms with van der Waals surface area (Å²) in [6, 6.07) is 18.0. The number of nitrogens with zero attached hydrogens (tertiary/aromatic N) is 2. The Kier molecular flexibility index (Phi) is 4.35. The Labute approximate surface area is 134 Å². The van der Waals surface area contributed by atoms with Gasteiger partial charge in [-0.15, -0.1) is 0 Å². The molecule has 0 aliphatic carbocycles. The van der Waals surface area contributed by atoms with Crippen molar-refractivity contribution in [2.24, 2.45) is 0 Å². The van der Waals surface area contributed by atoms with Gasteiger partial charge in [-0.05, 0) is 30.2 Å². The minimum atomic E-state index is 0.254. The van der Waals surface area contributed by atoms with E-state index in [4.69, 9.17) is 16.3 Å². The second kappa shape index (κ2) is 6.58. The Morgan fingerprint density at radius 2 is 1.68 bits per heavy atom. The van der Waals surface area contributed by atoms with E-state index in [2.05, 4.69) is 9.97 Å². The van der Waals surface area contributed by atoms with Gasteiger partial charge in [-0.2, -0.15) is 0 Å². The van der Waals surface area contributed by atoms with E-state index in [0.29, 0.717) is 6.61 Å². The highest BCUT2D eigenvalue weighted by molar-refractivity contribution is 6.28. The van der Waals surface area contributed by atoms with Crippen molar-refractivity contribution in [3.8, 4) is 16.9 Å². The maximum atomic E-state index is 5.97. The molecule has 22 heavy (non-hydrogen) atoms. The molecule has 4 heteroatoms. The lowest BCUT2D eigenvalue weighted by atomic mass is 10.1. The zero-order chi connectivity index (χ0) is 15.4. The number of rotatable bonds is 4. The van der Waals surface area contributed by atoms with Crippen LogP contribution in [-0.2, 0) is 6.61 Å². The molecular formula is C18H15ClN2O. The van der Waals surface area contributed by atoms with Gasteiger partial charge in [-0.25, -0.2) is 9.97 Å². The number of hydrogen-bond donors (Lipinski definition) is 0. The maximum Gasteiger partial charge on any atom is 0.222 e. The van der Waals surface area contributed by atoms with Crippen molar-refractivity contribution in [1.82, 2.24) is 9.97 Å². The summed E-state index contributed by atoms with van der Waals surface area (Å²) in [5, 5.41) is 0.254. The van der Waals surface area contributed by atoms with Gasteiger partial charge >= 0.3 is 0 Å². The highest BCUT2D eigenvalue weighted by Crippen LogP contribution is 2.31. The van der Waals surface area contributed by atoms with E-state index in [1.165, 1.54) is 0 Å². The van der Waals surface area contributed by atoms with Crippen LogP contribution in [-0.4, -0.2) is 9.97 Å². The minimum absolute atomic E-state index is 0.254. The van der Waals surface area contributed by atoms with Gasteiger partial charge < -0.3 is 4.74 Å². The Morgan fingerprint density at radius 3 is 2.45 bits per heavy atom. The van der Waals surface area contributed by atoms with E-state index in [1.807, 2.05) is 61.5 Å². The number of para-hydroxylation sites is 1. The van der Waals surface area contributed by atoms with E-state index >= 15 is 0 Å². The van der Waals surface area contributed by atoms with Crippen LogP contribution >= 0.6 is 11.6 Å². The Hall–Kier alpha value is -2.39. The fraction of sp³-hybridized carbons (Fsp3) is 0.111. The third-order valence-corrected chi connectivity index (χ3v) is 3.55. The molecule has 0 fully saturated rings. The largest absolute Gasteiger partial charge is 0.488 e. The van der Waals surface area contributed by atoms with E-state index < -0.39 is 0 Å². The number of ether oxygens (including phenoxy) is 1. The predicted octanol–water partition coefficient (Wildman–Crippen LogP) is 4.68. The van der Waals surface area contributed by atoms with E-state index in [9.17, 15) is 0 Å². The molecule has 0 spiro atoms. The summed E-state index contributed by atoms with van der Waals surface area (Å²) in [4.78, 5) is 8.28. The van der Waals surface area contributed by atoms with Crippen molar-refractivity contribution in [3.05, 3.63) is 77.3 Å². The molecule has 110 valence electrons. The summed E-state index contributed by atoms with van der Waals surface area (Å²) < 4.78 is 5.97. The standard InChI is InChI=1S/C18H15ClN2O/c1-13-16(11-20-18(19)21-13)15-9-5-6-10-17(15)22-12-14-7-3-2-4-8-14/h2-11H,12H2,1H3. The van der Waals surface area contributed by atoms with Crippen molar-refractivity contribution >= 4 is 11.6 Å². The highest BCUT2D eigenvalue weighted by Gasteiger charge is 2.10. The number of benzene rings is 2. The number of aryl methyl sites for hydroxylation is 1. The summed E-state index contributed by atoms with van der Waals surface area (Å²) in [5.74, 6) is 0.806. The first-order valence-corrected chi connectivity index (χ1v) is 7.37. The van der Waals surface area contributed by atoms with Crippen LogP contribution in [0.4, 0.5) is 0 Å². The molecule has 0 saturated heterocycles. The average Bonchev–Trinajstić information content (AvgIpc) is 2.54. The normalized spacial score (nSPS) is 10.5. The zero-order valence-electron chi connectivity index (χ0n) is 12.2. The van der Waals surface area contributed by atoms with Crippen LogP contribution in [0.1, 0.15) is 11.3 Å². The molecule has 0 N–H and O–H groups in total. The third kappa shape index (κ3) is 3.26. The Bertz CT molecular complexity index is 775. The molecule has 0 saturated carbocycles. The van der Waals surface area contributed by atoms with Gasteiger partial charge in [0.15, 0.2) is 0 Å². The predicted molar refractivity (Wildman–Crippen MR) is 88.0 cm³/mol. The van der Waals surface area contributed by atoms with Gasteiger partial charge in [0.25, 0.3) is 0 Å². The van der Waals surface area contributed by atoms with Gasteiger partial charge in [0.1, 0.15) is 12.4 Å². The van der Waals surface area contributed by atoms with Crippen LogP contribution < -0.4 is 4.74 Å². The van der Waals surface area contributed by atoms with Crippen molar-refractivity contribution in [3.63, 3.8) is 0 Å². The molecule has 0 radical (unpaired) electrons. The topological polar surface area (TPSA) is 35.0 Å². The molecule has 0 bridgehead atoms. The molecule has 0 unspecified atom stereocenters. The van der Waals surface area contributed by atoms with E-state index in [1.54, 1.807) is 6.20 Å². The van der Waals surface area contributed by atoms with Crippen LogP contribution in [0.5, 0.6) is 5.75 Å². The van der Waals surface area contributed by atoms with Crippen molar-refractivity contribution in [1.29, 1.82) is 0 Å². The molecule has 3 nitrogen and oxygen atoms in total. The average molecular weight is 311 g/mol. The first kappa shape index (κ1) is 14.5. The molecule has 3 rings (SSSR count). The SMILES string of the molecule is Cc1nc(Cl)ncc1-c1ccccc1OCc1ccccc1. The van der Waals surface area contributed by atoms with Crippen LogP contribution in [0.15, 0.2) is 60.8 Å². The molecule has 3 aromatic rings. The molecule has 0 atom stereocenters. The molecular weight excluding hydrogens is 296 g/mol. The fourth-order valence-electron chi connectivity index (χ4n) is 2.25. The van der Waals surface area contributed by atoms with Gasteiger partial charge in [-0.1, -0.05) is 48.5 Å². The molecule has 0 aliphatic rings. The monoisotopic (exact) mass is 310 g/mol. The molecule has 1 aromatic heterocycles. The summed E-state index contributed by atoms with van der Waals surface area (Å²) in [7, 11) is 0. The number of hydrogen-bond acceptors (Lipinski definition) is 3. The van der Waals surface area contributed by atoms with Crippen LogP contribution in [0.3, 0.4) is 0 Å². The smallest absolute Gasteiger partial charge is 0.222 e. The van der Waals surface area contributed by atoms with Gasteiger partial charge in [0, 0.05) is 17.3 Å². The summed E-state index contributed by atoms with van der Waals surface area (Å²) in [6.45, 7) is 2.43. The van der Waals surface area contributed by atoms with Crippen LogP contribution in [0, 0.1) is 6.92 Å². The van der Waals surface area contributed by atoms with Crippen molar-refractivity contribution in [2.45, 2.75) is 13.5 Å². The maximum absolute atomic E-state index is 5.97. The van der Waals surface area contributed by atoms with Crippen molar-refractivity contribution < 1.29 is 4.74 Å². The second-order valence-corrected chi connectivity index (χ2v) is 5.25.